The van der Waals surface area contributed by atoms with E-state index in [9.17, 15) is 10.1 Å². The molecule has 2 aliphatic carbocycles. The van der Waals surface area contributed by atoms with E-state index in [1.807, 2.05) is 12.1 Å². The molecule has 31 heavy (non-hydrogen) atoms. The van der Waals surface area contributed by atoms with E-state index in [1.54, 1.807) is 17.6 Å². The minimum Gasteiger partial charge on any atom is -0.467 e. The number of anilines is 1. The number of nitrogens with one attached hydrogen (secondary N) is 1. The van der Waals surface area contributed by atoms with E-state index in [4.69, 9.17) is 4.42 Å². The van der Waals surface area contributed by atoms with E-state index >= 15 is 0 Å². The molecule has 1 atom stereocenters. The van der Waals surface area contributed by atoms with Crippen LogP contribution in [0.5, 0.6) is 0 Å². The summed E-state index contributed by atoms with van der Waals surface area (Å²) < 4.78 is 7.56. The molecular weight excluding hydrogens is 430 g/mol. The van der Waals surface area contributed by atoms with Crippen molar-refractivity contribution in [3.8, 4) is 6.07 Å². The van der Waals surface area contributed by atoms with Crippen LogP contribution >= 0.6 is 23.1 Å². The Hall–Kier alpha value is -2.57. The molecule has 1 saturated carbocycles. The molecule has 1 fully saturated rings. The first-order valence-electron chi connectivity index (χ1n) is 10.5. The van der Waals surface area contributed by atoms with Gasteiger partial charge in [0.15, 0.2) is 5.16 Å². The van der Waals surface area contributed by atoms with Crippen LogP contribution in [0.1, 0.15) is 59.7 Å². The second-order valence-electron chi connectivity index (χ2n) is 8.29. The van der Waals surface area contributed by atoms with Gasteiger partial charge in [-0.2, -0.15) is 5.26 Å². The molecular formula is C22H23N5O2S2. The predicted molar refractivity (Wildman–Crippen MR) is 119 cm³/mol. The van der Waals surface area contributed by atoms with Crippen molar-refractivity contribution in [1.82, 2.24) is 14.8 Å². The Morgan fingerprint density at radius 3 is 3.03 bits per heavy atom. The average Bonchev–Trinajstić information content (AvgIpc) is 3.17. The third-order valence-electron chi connectivity index (χ3n) is 5.79. The summed E-state index contributed by atoms with van der Waals surface area (Å²) in [5, 5.41) is 22.7. The number of hydrogen-bond acceptors (Lipinski definition) is 7. The molecule has 3 aromatic rings. The molecule has 3 aromatic heterocycles. The molecule has 0 saturated heterocycles. The lowest BCUT2D eigenvalue weighted by Gasteiger charge is -2.17. The molecule has 3 heterocycles. The van der Waals surface area contributed by atoms with Crippen molar-refractivity contribution in [3.05, 3.63) is 46.0 Å². The van der Waals surface area contributed by atoms with Gasteiger partial charge in [-0.3, -0.25) is 9.36 Å². The lowest BCUT2D eigenvalue weighted by Crippen LogP contribution is -2.15. The summed E-state index contributed by atoms with van der Waals surface area (Å²) in [6, 6.07) is 6.10. The molecule has 160 valence electrons. The van der Waals surface area contributed by atoms with Crippen LogP contribution < -0.4 is 5.32 Å². The van der Waals surface area contributed by atoms with Crippen molar-refractivity contribution in [3.63, 3.8) is 0 Å². The fourth-order valence-electron chi connectivity index (χ4n) is 4.01. The highest BCUT2D eigenvalue weighted by atomic mass is 32.2. The van der Waals surface area contributed by atoms with Gasteiger partial charge in [0.25, 0.3) is 0 Å². The minimum atomic E-state index is -0.131. The molecule has 5 rings (SSSR count). The van der Waals surface area contributed by atoms with Gasteiger partial charge in [-0.15, -0.1) is 21.5 Å². The summed E-state index contributed by atoms with van der Waals surface area (Å²) >= 11 is 2.92. The number of aromatic nitrogens is 3. The molecule has 0 aromatic carbocycles. The van der Waals surface area contributed by atoms with Gasteiger partial charge in [0, 0.05) is 10.8 Å². The highest BCUT2D eigenvalue weighted by molar-refractivity contribution is 7.99. The topological polar surface area (TPSA) is 96.7 Å². The van der Waals surface area contributed by atoms with Crippen molar-refractivity contribution in [1.29, 1.82) is 5.26 Å². The van der Waals surface area contributed by atoms with Crippen molar-refractivity contribution < 1.29 is 9.21 Å². The number of hydrogen-bond donors (Lipinski definition) is 1. The standard InChI is InChI=1S/C22H23N5O2S2/c1-13-4-7-16-17(10-23)21(31-18(16)9-13)24-19(28)12-30-22-26-25-20(14-5-6-14)27(22)11-15-3-2-8-29-15/h2-3,8,13-14H,4-7,9,11-12H2,1H3,(H,24,28). The maximum atomic E-state index is 12.7. The van der Waals surface area contributed by atoms with E-state index < -0.39 is 0 Å². The number of carbonyl (C=O) groups is 1. The van der Waals surface area contributed by atoms with Crippen LogP contribution in [0.25, 0.3) is 0 Å². The van der Waals surface area contributed by atoms with E-state index in [2.05, 4.69) is 33.1 Å². The number of thiophene rings is 1. The number of rotatable bonds is 7. The van der Waals surface area contributed by atoms with Gasteiger partial charge in [0.05, 0.1) is 24.1 Å². The normalized spacial score (nSPS) is 17.9. The van der Waals surface area contributed by atoms with Gasteiger partial charge in [-0.05, 0) is 55.7 Å². The molecule has 0 spiro atoms. The lowest BCUT2D eigenvalue weighted by atomic mass is 9.89. The summed E-state index contributed by atoms with van der Waals surface area (Å²) in [7, 11) is 0. The number of furan rings is 1. The molecule has 1 amide bonds. The van der Waals surface area contributed by atoms with E-state index in [0.29, 0.717) is 34.1 Å². The number of thioether (sulfide) groups is 1. The zero-order valence-corrected chi connectivity index (χ0v) is 18.9. The largest absolute Gasteiger partial charge is 0.467 e. The predicted octanol–water partition coefficient (Wildman–Crippen LogP) is 4.59. The van der Waals surface area contributed by atoms with Crippen molar-refractivity contribution in [2.24, 2.45) is 5.92 Å². The Labute approximate surface area is 188 Å². The van der Waals surface area contributed by atoms with Crippen LogP contribution in [0.4, 0.5) is 5.00 Å². The smallest absolute Gasteiger partial charge is 0.235 e. The highest BCUT2D eigenvalue weighted by Crippen LogP contribution is 2.41. The monoisotopic (exact) mass is 453 g/mol. The number of nitrogens with zero attached hydrogens (tertiary/aromatic N) is 4. The van der Waals surface area contributed by atoms with Crippen molar-refractivity contribution in [2.45, 2.75) is 56.6 Å². The lowest BCUT2D eigenvalue weighted by molar-refractivity contribution is -0.113. The van der Waals surface area contributed by atoms with Crippen LogP contribution in [0.3, 0.4) is 0 Å². The molecule has 2 aliphatic rings. The quantitative estimate of drug-likeness (QED) is 0.526. The maximum absolute atomic E-state index is 12.7. The Kier molecular flexibility index (Phi) is 5.59. The maximum Gasteiger partial charge on any atom is 0.235 e. The summed E-state index contributed by atoms with van der Waals surface area (Å²) in [6.45, 7) is 2.79. The summed E-state index contributed by atoms with van der Waals surface area (Å²) in [5.74, 6) is 2.96. The van der Waals surface area contributed by atoms with Crippen molar-refractivity contribution >= 4 is 34.0 Å². The molecule has 1 unspecified atom stereocenters. The zero-order chi connectivity index (χ0) is 21.4. The van der Waals surface area contributed by atoms with Gasteiger partial charge < -0.3 is 9.73 Å². The zero-order valence-electron chi connectivity index (χ0n) is 17.3. The van der Waals surface area contributed by atoms with E-state index in [-0.39, 0.29) is 11.7 Å². The first-order chi connectivity index (χ1) is 15.1. The highest BCUT2D eigenvalue weighted by Gasteiger charge is 2.31. The van der Waals surface area contributed by atoms with Crippen LogP contribution in [-0.2, 0) is 24.2 Å². The van der Waals surface area contributed by atoms with Crippen LogP contribution in [0.2, 0.25) is 0 Å². The Balaban J connectivity index is 1.28. The number of carbonyl (C=O) groups excluding carboxylic acids is 1. The average molecular weight is 454 g/mol. The van der Waals surface area contributed by atoms with Crippen LogP contribution in [-0.4, -0.2) is 26.4 Å². The third kappa shape index (κ3) is 4.27. The van der Waals surface area contributed by atoms with Crippen LogP contribution in [0, 0.1) is 17.2 Å². The third-order valence-corrected chi connectivity index (χ3v) is 7.93. The second kappa shape index (κ2) is 8.52. The Morgan fingerprint density at radius 1 is 1.42 bits per heavy atom. The second-order valence-corrected chi connectivity index (χ2v) is 10.3. The summed E-state index contributed by atoms with van der Waals surface area (Å²) in [6.07, 6.45) is 6.90. The molecule has 0 aliphatic heterocycles. The van der Waals surface area contributed by atoms with Gasteiger partial charge in [-0.1, -0.05) is 18.7 Å². The first-order valence-corrected chi connectivity index (χ1v) is 12.3. The Morgan fingerprint density at radius 2 is 2.29 bits per heavy atom. The van der Waals surface area contributed by atoms with Gasteiger partial charge in [0.2, 0.25) is 5.91 Å². The van der Waals surface area contributed by atoms with Crippen LogP contribution in [0.15, 0.2) is 28.0 Å². The van der Waals surface area contributed by atoms with E-state index in [0.717, 1.165) is 49.3 Å². The fraction of sp³-hybridized carbons (Fsp3) is 0.455. The number of nitriles is 1. The van der Waals surface area contributed by atoms with Gasteiger partial charge in [0.1, 0.15) is 22.7 Å². The Bertz CT molecular complexity index is 1140. The van der Waals surface area contributed by atoms with Crippen molar-refractivity contribution in [2.75, 3.05) is 11.1 Å². The molecule has 7 nitrogen and oxygen atoms in total. The van der Waals surface area contributed by atoms with E-state index in [1.165, 1.54) is 16.6 Å². The summed E-state index contributed by atoms with van der Waals surface area (Å²) in [5.41, 5.74) is 1.77. The SMILES string of the molecule is CC1CCc2c(sc(NC(=O)CSc3nnc(C4CC4)n3Cc3ccco3)c2C#N)C1. The molecule has 0 bridgehead atoms. The summed E-state index contributed by atoms with van der Waals surface area (Å²) in [4.78, 5) is 13.9. The number of amides is 1. The first kappa shape index (κ1) is 20.3. The molecule has 9 heteroatoms. The fourth-order valence-corrected chi connectivity index (χ4v) is 6.13. The molecule has 0 radical (unpaired) electrons. The number of fused-ring (bicyclic) bond motifs is 1. The van der Waals surface area contributed by atoms with Gasteiger partial charge >= 0.3 is 0 Å². The van der Waals surface area contributed by atoms with Gasteiger partial charge in [-0.25, -0.2) is 0 Å². The minimum absolute atomic E-state index is 0.131. The molecule has 1 N–H and O–H groups in total.